The van der Waals surface area contributed by atoms with Crippen molar-refractivity contribution in [2.75, 3.05) is 6.61 Å². The minimum absolute atomic E-state index is 0.224. The van der Waals surface area contributed by atoms with Crippen molar-refractivity contribution in [3.63, 3.8) is 0 Å². The van der Waals surface area contributed by atoms with E-state index >= 15 is 0 Å². The fourth-order valence-corrected chi connectivity index (χ4v) is 1.34. The number of hydrogen-bond donors (Lipinski definition) is 0. The largest absolute Gasteiger partial charge is 0.475 e. The van der Waals surface area contributed by atoms with E-state index in [2.05, 4.69) is 9.84 Å². The lowest BCUT2D eigenvalue weighted by atomic mass is 10.2. The molecule has 70 valence electrons. The van der Waals surface area contributed by atoms with Gasteiger partial charge in [-0.1, -0.05) is 18.2 Å². The van der Waals surface area contributed by atoms with Crippen molar-refractivity contribution >= 4 is 11.6 Å². The highest BCUT2D eigenvalue weighted by Crippen LogP contribution is 2.17. The zero-order valence-corrected chi connectivity index (χ0v) is 7.90. The third-order valence-electron chi connectivity index (χ3n) is 2.02. The lowest BCUT2D eigenvalue weighted by molar-refractivity contribution is 0.324. The molecule has 0 fully saturated rings. The first-order chi connectivity index (χ1) is 6.79. The van der Waals surface area contributed by atoms with Gasteiger partial charge >= 0.3 is 0 Å². The van der Waals surface area contributed by atoms with Crippen molar-refractivity contribution in [3.8, 4) is 0 Å². The number of benzene rings is 1. The maximum Gasteiger partial charge on any atom is 0.215 e. The Labute approximate surface area is 82.9 Å². The minimum Gasteiger partial charge on any atom is -0.475 e. The molecule has 1 aromatic carbocycles. The average molecular weight is 186 g/mol. The molecule has 0 aromatic heterocycles. The van der Waals surface area contributed by atoms with Crippen LogP contribution in [0.3, 0.4) is 0 Å². The van der Waals surface area contributed by atoms with Crippen LogP contribution in [0.5, 0.6) is 0 Å². The highest BCUT2D eigenvalue weighted by atomic mass is 16.5. The number of hydrogen-bond acceptors (Lipinski definition) is 2. The highest BCUT2D eigenvalue weighted by Gasteiger charge is 2.15. The minimum atomic E-state index is 0.224. The molecule has 0 spiro atoms. The Morgan fingerprint density at radius 1 is 1.57 bits per heavy atom. The quantitative estimate of drug-likeness (QED) is 0.618. The Morgan fingerprint density at radius 2 is 2.43 bits per heavy atom. The van der Waals surface area contributed by atoms with Crippen molar-refractivity contribution < 1.29 is 4.74 Å². The molecule has 0 bridgehead atoms. The molecule has 14 heavy (non-hydrogen) atoms. The molecule has 0 N–H and O–H groups in total. The smallest absolute Gasteiger partial charge is 0.215 e. The Hall–Kier alpha value is -1.82. The summed E-state index contributed by atoms with van der Waals surface area (Å²) in [6.07, 6.45) is 0. The van der Waals surface area contributed by atoms with Gasteiger partial charge in [-0.25, -0.2) is 9.84 Å². The fourth-order valence-electron chi connectivity index (χ4n) is 1.34. The zero-order valence-electron chi connectivity index (χ0n) is 7.90. The maximum atomic E-state index is 6.90. The molecule has 2 rings (SSSR count). The molecule has 3 heteroatoms. The van der Waals surface area contributed by atoms with Gasteiger partial charge in [-0.3, -0.25) is 0 Å². The van der Waals surface area contributed by atoms with E-state index in [0.29, 0.717) is 18.2 Å². The second-order valence-corrected chi connectivity index (χ2v) is 3.26. The summed E-state index contributed by atoms with van der Waals surface area (Å²) in [5.74, 6) is 0.656. The molecule has 0 saturated carbocycles. The van der Waals surface area contributed by atoms with Crippen molar-refractivity contribution in [1.82, 2.24) is 0 Å². The van der Waals surface area contributed by atoms with Gasteiger partial charge in [0.2, 0.25) is 5.90 Å². The molecule has 1 atom stereocenters. The van der Waals surface area contributed by atoms with Crippen molar-refractivity contribution in [2.45, 2.75) is 13.0 Å². The molecule has 0 unspecified atom stereocenters. The van der Waals surface area contributed by atoms with Gasteiger partial charge in [0.15, 0.2) is 5.69 Å². The van der Waals surface area contributed by atoms with E-state index in [9.17, 15) is 0 Å². The molecule has 3 nitrogen and oxygen atoms in total. The van der Waals surface area contributed by atoms with Gasteiger partial charge in [-0.2, -0.15) is 0 Å². The van der Waals surface area contributed by atoms with Crippen LogP contribution < -0.4 is 0 Å². The first kappa shape index (κ1) is 8.76. The summed E-state index contributed by atoms with van der Waals surface area (Å²) in [7, 11) is 0. The van der Waals surface area contributed by atoms with Crippen molar-refractivity contribution in [1.29, 1.82) is 0 Å². The number of ether oxygens (including phenoxy) is 1. The maximum absolute atomic E-state index is 6.90. The monoisotopic (exact) mass is 186 g/mol. The van der Waals surface area contributed by atoms with Gasteiger partial charge in [0.1, 0.15) is 6.61 Å². The number of rotatable bonds is 1. The Balaban J connectivity index is 2.34. The van der Waals surface area contributed by atoms with Crippen LogP contribution in [0.4, 0.5) is 5.69 Å². The summed E-state index contributed by atoms with van der Waals surface area (Å²) in [4.78, 5) is 7.69. The average Bonchev–Trinajstić information content (AvgIpc) is 2.65. The molecule has 1 aromatic rings. The third kappa shape index (κ3) is 1.60. The first-order valence-corrected chi connectivity index (χ1v) is 4.48. The van der Waals surface area contributed by atoms with Gasteiger partial charge < -0.3 is 4.74 Å². The van der Waals surface area contributed by atoms with E-state index in [-0.39, 0.29) is 6.04 Å². The molecule has 0 amide bonds. The normalized spacial score (nSPS) is 19.7. The molecular weight excluding hydrogens is 176 g/mol. The van der Waals surface area contributed by atoms with Gasteiger partial charge in [0.05, 0.1) is 12.6 Å². The molecule has 1 heterocycles. The summed E-state index contributed by atoms with van der Waals surface area (Å²) in [5, 5.41) is 0. The van der Waals surface area contributed by atoms with Crippen LogP contribution in [0.1, 0.15) is 12.5 Å². The van der Waals surface area contributed by atoms with Crippen molar-refractivity contribution in [2.24, 2.45) is 4.99 Å². The molecule has 0 radical (unpaired) electrons. The number of nitrogens with zero attached hydrogens (tertiary/aromatic N) is 2. The SMILES string of the molecule is [C-]#[N+]c1cccc(C2=N[C@@H](C)CO2)c1. The summed E-state index contributed by atoms with van der Waals surface area (Å²) >= 11 is 0. The Morgan fingerprint density at radius 3 is 3.07 bits per heavy atom. The van der Waals surface area contributed by atoms with E-state index in [4.69, 9.17) is 11.3 Å². The molecule has 0 saturated heterocycles. The van der Waals surface area contributed by atoms with Crippen LogP contribution in [0.15, 0.2) is 29.3 Å². The van der Waals surface area contributed by atoms with E-state index in [1.807, 2.05) is 19.1 Å². The van der Waals surface area contributed by atoms with Crippen LogP contribution in [-0.4, -0.2) is 18.5 Å². The Bertz CT molecular complexity index is 418. The second kappa shape index (κ2) is 3.51. The van der Waals surface area contributed by atoms with E-state index in [1.54, 1.807) is 12.1 Å². The standard InChI is InChI=1S/C11H10N2O/c1-8-7-14-11(13-8)9-4-3-5-10(6-9)12-2/h3-6,8H,7H2,1H3/t8-/m0/s1. The fraction of sp³-hybridized carbons (Fsp3) is 0.273. The summed E-state index contributed by atoms with van der Waals surface area (Å²) < 4.78 is 5.40. The van der Waals surface area contributed by atoms with Crippen molar-refractivity contribution in [3.05, 3.63) is 41.2 Å². The summed E-state index contributed by atoms with van der Waals surface area (Å²) in [5.41, 5.74) is 1.51. The van der Waals surface area contributed by atoms with Crippen LogP contribution in [0.2, 0.25) is 0 Å². The van der Waals surface area contributed by atoms with Crippen LogP contribution in [0.25, 0.3) is 4.85 Å². The highest BCUT2D eigenvalue weighted by molar-refractivity contribution is 5.96. The second-order valence-electron chi connectivity index (χ2n) is 3.26. The topological polar surface area (TPSA) is 25.9 Å². The van der Waals surface area contributed by atoms with E-state index < -0.39 is 0 Å². The lowest BCUT2D eigenvalue weighted by Gasteiger charge is -2.00. The van der Waals surface area contributed by atoms with Gasteiger partial charge in [-0.05, 0) is 13.0 Å². The number of aliphatic imine (C=N–C) groups is 1. The Kier molecular flexibility index (Phi) is 2.19. The predicted octanol–water partition coefficient (Wildman–Crippen LogP) is 2.40. The van der Waals surface area contributed by atoms with Crippen LogP contribution >= 0.6 is 0 Å². The zero-order chi connectivity index (χ0) is 9.97. The van der Waals surface area contributed by atoms with Gasteiger partial charge in [0, 0.05) is 5.56 Å². The molecule has 1 aliphatic rings. The van der Waals surface area contributed by atoms with Crippen LogP contribution in [0, 0.1) is 6.57 Å². The summed E-state index contributed by atoms with van der Waals surface area (Å²) in [6.45, 7) is 9.54. The van der Waals surface area contributed by atoms with Crippen LogP contribution in [-0.2, 0) is 4.74 Å². The molecule has 0 aliphatic carbocycles. The molecule has 1 aliphatic heterocycles. The van der Waals surface area contributed by atoms with Gasteiger partial charge in [-0.15, -0.1) is 0 Å². The van der Waals surface area contributed by atoms with E-state index in [1.165, 1.54) is 0 Å². The van der Waals surface area contributed by atoms with E-state index in [0.717, 1.165) is 5.56 Å². The predicted molar refractivity (Wildman–Crippen MR) is 54.7 cm³/mol. The van der Waals surface area contributed by atoms with Gasteiger partial charge in [0.25, 0.3) is 0 Å². The third-order valence-corrected chi connectivity index (χ3v) is 2.02. The lowest BCUT2D eigenvalue weighted by Crippen LogP contribution is -2.01. The summed E-state index contributed by atoms with van der Waals surface area (Å²) in [6, 6.07) is 7.55. The molecular formula is C11H10N2O. The first-order valence-electron chi connectivity index (χ1n) is 4.48.